The highest BCUT2D eigenvalue weighted by Crippen LogP contribution is 2.26. The molecule has 2 amide bonds. The number of hydrogen-bond acceptors (Lipinski definition) is 6. The first-order valence-corrected chi connectivity index (χ1v) is 15.7. The minimum atomic E-state index is -0.491. The van der Waals surface area contributed by atoms with Crippen molar-refractivity contribution in [3.63, 3.8) is 0 Å². The largest absolute Gasteiger partial charge is 0.464 e. The monoisotopic (exact) mass is 638 g/mol. The zero-order chi connectivity index (χ0) is 33.8. The highest BCUT2D eigenvalue weighted by molar-refractivity contribution is 6.05. The van der Waals surface area contributed by atoms with Crippen molar-refractivity contribution in [3.8, 4) is 0 Å². The minimum absolute atomic E-state index is 0.0946. The first-order chi connectivity index (χ1) is 22.4. The van der Waals surface area contributed by atoms with Gasteiger partial charge in [-0.15, -0.1) is 0 Å². The molecule has 5 aromatic rings. The summed E-state index contributed by atoms with van der Waals surface area (Å²) in [4.78, 5) is 41.9. The number of fused-ring (bicyclic) bond motifs is 2. The van der Waals surface area contributed by atoms with Gasteiger partial charge in [-0.05, 0) is 55.3 Å². The van der Waals surface area contributed by atoms with Gasteiger partial charge in [0.05, 0.1) is 18.5 Å². The predicted molar refractivity (Wildman–Crippen MR) is 188 cm³/mol. The Bertz CT molecular complexity index is 1890. The van der Waals surface area contributed by atoms with Gasteiger partial charge in [-0.1, -0.05) is 0 Å². The smallest absolute Gasteiger partial charge is 0.354 e. The lowest BCUT2D eigenvalue weighted by Crippen LogP contribution is -2.36. The van der Waals surface area contributed by atoms with Crippen molar-refractivity contribution in [1.82, 2.24) is 9.13 Å². The first-order valence-electron chi connectivity index (χ1n) is 15.7. The van der Waals surface area contributed by atoms with Crippen LogP contribution in [0.25, 0.3) is 21.8 Å². The summed E-state index contributed by atoms with van der Waals surface area (Å²) in [5.74, 6) is -0.943. The summed E-state index contributed by atoms with van der Waals surface area (Å²) in [5.41, 5.74) is 6.41. The summed E-state index contributed by atoms with van der Waals surface area (Å²) in [5, 5.41) is 8.13. The van der Waals surface area contributed by atoms with Crippen LogP contribution in [-0.2, 0) is 30.2 Å². The number of aromatic nitrogens is 3. The van der Waals surface area contributed by atoms with E-state index in [4.69, 9.17) is 4.74 Å². The Morgan fingerprint density at radius 2 is 1.28 bits per heavy atom. The van der Waals surface area contributed by atoms with E-state index in [0.29, 0.717) is 29.2 Å². The summed E-state index contributed by atoms with van der Waals surface area (Å²) < 4.78 is 10.4. The number of amides is 2. The highest BCUT2D eigenvalue weighted by Gasteiger charge is 2.19. The molecule has 47 heavy (non-hydrogen) atoms. The summed E-state index contributed by atoms with van der Waals surface area (Å²) in [7, 11) is 13.0. The Morgan fingerprint density at radius 1 is 0.723 bits per heavy atom. The van der Waals surface area contributed by atoms with Gasteiger partial charge in [-0.2, -0.15) is 4.57 Å². The van der Waals surface area contributed by atoms with E-state index >= 15 is 0 Å². The maximum atomic E-state index is 12.9. The molecule has 3 heterocycles. The van der Waals surface area contributed by atoms with Gasteiger partial charge in [0.1, 0.15) is 17.9 Å². The molecule has 0 saturated heterocycles. The van der Waals surface area contributed by atoms with Crippen molar-refractivity contribution < 1.29 is 23.7 Å². The third kappa shape index (κ3) is 7.40. The van der Waals surface area contributed by atoms with E-state index < -0.39 is 5.97 Å². The number of anilines is 4. The van der Waals surface area contributed by atoms with Crippen molar-refractivity contribution in [2.45, 2.75) is 32.2 Å². The average molecular weight is 639 g/mol. The molecule has 5 rings (SSSR count). The summed E-state index contributed by atoms with van der Waals surface area (Å²) in [6.45, 7) is 0.836. The van der Waals surface area contributed by atoms with Crippen LogP contribution in [0, 0.1) is 0 Å². The number of benzene rings is 2. The second-order valence-corrected chi connectivity index (χ2v) is 12.3. The molecular weight excluding hydrogens is 594 g/mol. The quantitative estimate of drug-likeness (QED) is 0.0829. The second-order valence-electron chi connectivity index (χ2n) is 12.3. The van der Waals surface area contributed by atoms with E-state index in [-0.39, 0.29) is 11.8 Å². The van der Waals surface area contributed by atoms with Crippen molar-refractivity contribution in [2.24, 2.45) is 14.1 Å². The molecular formula is C36H44N7O4+. The van der Waals surface area contributed by atoms with Crippen LogP contribution in [0.3, 0.4) is 0 Å². The predicted octanol–water partition coefficient (Wildman–Crippen LogP) is 5.33. The van der Waals surface area contributed by atoms with Gasteiger partial charge < -0.3 is 34.3 Å². The van der Waals surface area contributed by atoms with Crippen LogP contribution in [0.15, 0.2) is 67.0 Å². The van der Waals surface area contributed by atoms with Crippen LogP contribution in [0.2, 0.25) is 0 Å². The number of methoxy groups -OCH3 is 1. The fourth-order valence-corrected chi connectivity index (χ4v) is 5.82. The zero-order valence-electron chi connectivity index (χ0n) is 28.3. The number of unbranched alkanes of at least 4 members (excludes halogenated alkanes) is 2. The van der Waals surface area contributed by atoms with Crippen molar-refractivity contribution in [1.29, 1.82) is 0 Å². The number of hydrogen-bond donors (Lipinski definition) is 2. The maximum Gasteiger partial charge on any atom is 0.354 e. The van der Waals surface area contributed by atoms with Gasteiger partial charge in [-0.25, -0.2) is 4.79 Å². The Balaban J connectivity index is 1.19. The summed E-state index contributed by atoms with van der Waals surface area (Å²) in [6.07, 6.45) is 6.30. The summed E-state index contributed by atoms with van der Waals surface area (Å²) in [6, 6.07) is 18.6. The average Bonchev–Trinajstić information content (AvgIpc) is 3.59. The highest BCUT2D eigenvalue weighted by atomic mass is 16.5. The molecule has 0 aliphatic rings. The number of aryl methyl sites for hydroxylation is 3. The molecule has 0 unspecified atom stereocenters. The van der Waals surface area contributed by atoms with E-state index in [1.54, 1.807) is 47.8 Å². The third-order valence-electron chi connectivity index (χ3n) is 8.42. The number of pyridine rings is 1. The molecule has 11 heteroatoms. The molecule has 0 fully saturated rings. The minimum Gasteiger partial charge on any atom is -0.464 e. The third-order valence-corrected chi connectivity index (χ3v) is 8.42. The number of carbonyl (C=O) groups excluding carboxylic acids is 3. The van der Waals surface area contributed by atoms with E-state index in [2.05, 4.69) is 95.7 Å². The lowest BCUT2D eigenvalue weighted by Gasteiger charge is -2.15. The molecule has 0 spiro atoms. The normalized spacial score (nSPS) is 11.1. The molecule has 0 atom stereocenters. The van der Waals surface area contributed by atoms with Crippen molar-refractivity contribution >= 4 is 62.3 Å². The van der Waals surface area contributed by atoms with Gasteiger partial charge in [0.15, 0.2) is 0 Å². The van der Waals surface area contributed by atoms with Crippen LogP contribution in [0.4, 0.5) is 22.7 Å². The summed E-state index contributed by atoms with van der Waals surface area (Å²) >= 11 is 0. The molecule has 2 N–H and O–H groups in total. The van der Waals surface area contributed by atoms with Crippen LogP contribution < -0.4 is 25.0 Å². The molecule has 0 saturated carbocycles. The number of nitrogens with one attached hydrogen (secondary N) is 2. The standard InChI is InChI=1S/C36H43N7O4/c1-39(2)28-14-12-24-17-25-13-15-29(40(3)4)21-31(25)43(30(24)20-28)16-10-8-9-11-34(44)37-26-18-32(41(5)22-26)35(45)38-27-19-33(36(46)47-7)42(6)23-27/h12-15,17-23H,8-11,16H2,1-7H3,(H-,37,38,44,45)/p+1. The molecule has 11 nitrogen and oxygen atoms in total. The van der Waals surface area contributed by atoms with Crippen molar-refractivity contribution in [2.75, 3.05) is 55.7 Å². The van der Waals surface area contributed by atoms with Gasteiger partial charge in [0.2, 0.25) is 16.9 Å². The lowest BCUT2D eigenvalue weighted by molar-refractivity contribution is -0.645. The number of ether oxygens (including phenoxy) is 1. The Hall–Kier alpha value is -5.32. The van der Waals surface area contributed by atoms with E-state index in [0.717, 1.165) is 37.2 Å². The van der Waals surface area contributed by atoms with E-state index in [9.17, 15) is 14.4 Å². The second kappa shape index (κ2) is 14.0. The Morgan fingerprint density at radius 3 is 1.85 bits per heavy atom. The fourth-order valence-electron chi connectivity index (χ4n) is 5.82. The SMILES string of the molecule is COC(=O)c1cc(NC(=O)c2cc(NC(=O)CCCCC[n+]3c4cc(N(C)C)ccc4cc4ccc(N(C)C)cc43)cn2C)cn1C. The van der Waals surface area contributed by atoms with Crippen LogP contribution in [0.1, 0.15) is 46.7 Å². The van der Waals surface area contributed by atoms with Gasteiger partial charge in [0, 0.05) is 102 Å². The number of esters is 1. The van der Waals surface area contributed by atoms with Crippen LogP contribution in [0.5, 0.6) is 0 Å². The first kappa shape index (κ1) is 33.1. The van der Waals surface area contributed by atoms with Gasteiger partial charge in [-0.3, -0.25) is 9.59 Å². The molecule has 0 bridgehead atoms. The lowest BCUT2D eigenvalue weighted by atomic mass is 10.1. The fraction of sp³-hybridized carbons (Fsp3) is 0.333. The van der Waals surface area contributed by atoms with Crippen LogP contribution in [-0.4, -0.2) is 62.2 Å². The van der Waals surface area contributed by atoms with Gasteiger partial charge >= 0.3 is 5.97 Å². The molecule has 2 aromatic carbocycles. The van der Waals surface area contributed by atoms with Crippen LogP contribution >= 0.6 is 0 Å². The Labute approximate surface area is 275 Å². The van der Waals surface area contributed by atoms with E-state index in [1.807, 2.05) is 0 Å². The number of rotatable bonds is 12. The van der Waals surface area contributed by atoms with E-state index in [1.165, 1.54) is 28.9 Å². The van der Waals surface area contributed by atoms with Gasteiger partial charge in [0.25, 0.3) is 5.91 Å². The number of nitrogens with zero attached hydrogens (tertiary/aromatic N) is 5. The maximum absolute atomic E-state index is 12.9. The molecule has 246 valence electrons. The molecule has 0 aliphatic heterocycles. The molecule has 0 aliphatic carbocycles. The molecule has 3 aromatic heterocycles. The zero-order valence-corrected chi connectivity index (χ0v) is 28.3. The molecule has 0 radical (unpaired) electrons. The Kier molecular flexibility index (Phi) is 9.83. The topological polar surface area (TPSA) is 105 Å². The van der Waals surface area contributed by atoms with Crippen molar-refractivity contribution in [3.05, 3.63) is 78.4 Å². The number of carbonyl (C=O) groups is 3.